The summed E-state index contributed by atoms with van der Waals surface area (Å²) >= 11 is 8.16. The number of aliphatic hydroxyl groups excluding tert-OH is 1. The average Bonchev–Trinajstić information content (AvgIpc) is 2.21. The Morgan fingerprint density at radius 1 is 1.47 bits per heavy atom. The molecule has 0 fully saturated rings. The van der Waals surface area contributed by atoms with Crippen molar-refractivity contribution in [2.45, 2.75) is 32.8 Å². The predicted octanol–water partition coefficient (Wildman–Crippen LogP) is 4.41. The van der Waals surface area contributed by atoms with Gasteiger partial charge in [0.05, 0.1) is 6.10 Å². The van der Waals surface area contributed by atoms with Crippen molar-refractivity contribution in [2.75, 3.05) is 0 Å². The van der Waals surface area contributed by atoms with E-state index < -0.39 is 6.10 Å². The Morgan fingerprint density at radius 2 is 2.13 bits per heavy atom. The van der Waals surface area contributed by atoms with Gasteiger partial charge in [0.15, 0.2) is 0 Å². The fourth-order valence-corrected chi connectivity index (χ4v) is 2.50. The maximum atomic E-state index is 10.2. The second-order valence-electron chi connectivity index (χ2n) is 3.88. The van der Waals surface area contributed by atoms with E-state index in [1.807, 2.05) is 18.2 Å². The molecule has 15 heavy (non-hydrogen) atoms. The number of benzene rings is 1. The highest BCUT2D eigenvalue weighted by Crippen LogP contribution is 2.30. The molecule has 1 rings (SSSR count). The van der Waals surface area contributed by atoms with Crippen molar-refractivity contribution < 1.29 is 5.11 Å². The third-order valence-electron chi connectivity index (χ3n) is 2.56. The van der Waals surface area contributed by atoms with Crippen LogP contribution >= 0.6 is 34.2 Å². The van der Waals surface area contributed by atoms with Crippen LogP contribution in [0.4, 0.5) is 0 Å². The first kappa shape index (κ1) is 13.3. The van der Waals surface area contributed by atoms with E-state index in [1.54, 1.807) is 0 Å². The lowest BCUT2D eigenvalue weighted by Crippen LogP contribution is -2.10. The zero-order valence-corrected chi connectivity index (χ0v) is 11.9. The summed E-state index contributed by atoms with van der Waals surface area (Å²) in [5.41, 5.74) is 0.948. The maximum absolute atomic E-state index is 10.2. The third-order valence-corrected chi connectivity index (χ3v) is 3.78. The summed E-state index contributed by atoms with van der Waals surface area (Å²) in [6.07, 6.45) is 1.72. The maximum Gasteiger partial charge on any atom is 0.0826 e. The van der Waals surface area contributed by atoms with Gasteiger partial charge in [0, 0.05) is 8.59 Å². The first-order chi connectivity index (χ1) is 7.06. The van der Waals surface area contributed by atoms with Gasteiger partial charge in [-0.25, -0.2) is 0 Å². The molecular formula is C12H16ClIO. The lowest BCUT2D eigenvalue weighted by Gasteiger charge is -2.20. The van der Waals surface area contributed by atoms with Gasteiger partial charge in [-0.15, -0.1) is 0 Å². The van der Waals surface area contributed by atoms with E-state index in [4.69, 9.17) is 11.6 Å². The summed E-state index contributed by atoms with van der Waals surface area (Å²) in [5.74, 6) is 0.280. The SMILES string of the molecule is CCCC(C)C(O)c1cc(Cl)ccc1I. The van der Waals surface area contributed by atoms with Gasteiger partial charge in [-0.1, -0.05) is 31.9 Å². The first-order valence-corrected chi connectivity index (χ1v) is 6.65. The van der Waals surface area contributed by atoms with E-state index in [-0.39, 0.29) is 5.92 Å². The molecule has 2 atom stereocenters. The van der Waals surface area contributed by atoms with Crippen molar-refractivity contribution in [3.63, 3.8) is 0 Å². The smallest absolute Gasteiger partial charge is 0.0826 e. The van der Waals surface area contributed by atoms with Crippen LogP contribution in [-0.4, -0.2) is 5.11 Å². The summed E-state index contributed by atoms with van der Waals surface area (Å²) in [5, 5.41) is 10.9. The Morgan fingerprint density at radius 3 is 2.73 bits per heavy atom. The van der Waals surface area contributed by atoms with Crippen LogP contribution in [0.2, 0.25) is 5.02 Å². The Balaban J connectivity index is 2.89. The molecule has 0 aliphatic heterocycles. The van der Waals surface area contributed by atoms with E-state index in [2.05, 4.69) is 36.4 Å². The van der Waals surface area contributed by atoms with Gasteiger partial charge >= 0.3 is 0 Å². The average molecular weight is 339 g/mol. The van der Waals surface area contributed by atoms with Gasteiger partial charge in [-0.3, -0.25) is 0 Å². The Hall–Kier alpha value is 0.200. The highest BCUT2D eigenvalue weighted by Gasteiger charge is 2.18. The summed E-state index contributed by atoms with van der Waals surface area (Å²) < 4.78 is 1.08. The highest BCUT2D eigenvalue weighted by atomic mass is 127. The second kappa shape index (κ2) is 6.06. The fraction of sp³-hybridized carbons (Fsp3) is 0.500. The molecule has 1 nitrogen and oxygen atoms in total. The minimum atomic E-state index is -0.407. The minimum absolute atomic E-state index is 0.280. The van der Waals surface area contributed by atoms with Crippen LogP contribution in [0.1, 0.15) is 38.4 Å². The summed E-state index contributed by atoms with van der Waals surface area (Å²) in [7, 11) is 0. The van der Waals surface area contributed by atoms with E-state index in [0.29, 0.717) is 5.02 Å². The van der Waals surface area contributed by atoms with E-state index >= 15 is 0 Å². The Bertz CT molecular complexity index is 327. The van der Waals surface area contributed by atoms with E-state index in [9.17, 15) is 5.11 Å². The monoisotopic (exact) mass is 338 g/mol. The third kappa shape index (κ3) is 3.61. The van der Waals surface area contributed by atoms with Crippen molar-refractivity contribution >= 4 is 34.2 Å². The van der Waals surface area contributed by atoms with Gasteiger partial charge in [0.1, 0.15) is 0 Å². The largest absolute Gasteiger partial charge is 0.388 e. The Labute approximate surface area is 110 Å². The number of halogens is 2. The van der Waals surface area contributed by atoms with Gasteiger partial charge in [0.25, 0.3) is 0 Å². The molecule has 0 aliphatic carbocycles. The van der Waals surface area contributed by atoms with Crippen LogP contribution in [0.25, 0.3) is 0 Å². The van der Waals surface area contributed by atoms with E-state index in [1.165, 1.54) is 0 Å². The lowest BCUT2D eigenvalue weighted by atomic mass is 9.94. The number of aliphatic hydroxyl groups is 1. The zero-order valence-electron chi connectivity index (χ0n) is 9.00. The molecular weight excluding hydrogens is 322 g/mol. The van der Waals surface area contributed by atoms with Gasteiger partial charge < -0.3 is 5.11 Å². The Kier molecular flexibility index (Phi) is 5.36. The molecule has 1 N–H and O–H groups in total. The van der Waals surface area contributed by atoms with Gasteiger partial charge in [-0.2, -0.15) is 0 Å². The summed E-state index contributed by atoms with van der Waals surface area (Å²) in [6, 6.07) is 5.66. The van der Waals surface area contributed by atoms with Crippen molar-refractivity contribution in [1.82, 2.24) is 0 Å². The minimum Gasteiger partial charge on any atom is -0.388 e. The van der Waals surface area contributed by atoms with Crippen LogP contribution in [0.3, 0.4) is 0 Å². The van der Waals surface area contributed by atoms with Crippen LogP contribution in [-0.2, 0) is 0 Å². The topological polar surface area (TPSA) is 20.2 Å². The van der Waals surface area contributed by atoms with E-state index in [0.717, 1.165) is 22.0 Å². The standard InChI is InChI=1S/C12H16ClIO/c1-3-4-8(2)12(15)10-7-9(13)5-6-11(10)14/h5-8,12,15H,3-4H2,1-2H3. The van der Waals surface area contributed by atoms with Crippen LogP contribution in [0.5, 0.6) is 0 Å². The predicted molar refractivity (Wildman–Crippen MR) is 73.2 cm³/mol. The molecule has 0 saturated carbocycles. The van der Waals surface area contributed by atoms with Crippen molar-refractivity contribution in [3.8, 4) is 0 Å². The molecule has 84 valence electrons. The number of hydrogen-bond donors (Lipinski definition) is 1. The fourth-order valence-electron chi connectivity index (χ4n) is 1.66. The van der Waals surface area contributed by atoms with Crippen molar-refractivity contribution in [1.29, 1.82) is 0 Å². The number of hydrogen-bond acceptors (Lipinski definition) is 1. The summed E-state index contributed by atoms with van der Waals surface area (Å²) in [4.78, 5) is 0. The molecule has 0 heterocycles. The molecule has 0 spiro atoms. The van der Waals surface area contributed by atoms with Gasteiger partial charge in [0.2, 0.25) is 0 Å². The van der Waals surface area contributed by atoms with Gasteiger partial charge in [-0.05, 0) is 58.7 Å². The summed E-state index contributed by atoms with van der Waals surface area (Å²) in [6.45, 7) is 4.21. The quantitative estimate of drug-likeness (QED) is 0.806. The lowest BCUT2D eigenvalue weighted by molar-refractivity contribution is 0.111. The molecule has 0 radical (unpaired) electrons. The molecule has 0 saturated heterocycles. The van der Waals surface area contributed by atoms with Crippen molar-refractivity contribution in [3.05, 3.63) is 32.4 Å². The van der Waals surface area contributed by atoms with Crippen LogP contribution in [0, 0.1) is 9.49 Å². The molecule has 1 aromatic carbocycles. The molecule has 0 amide bonds. The normalized spacial score (nSPS) is 15.0. The zero-order chi connectivity index (χ0) is 11.4. The molecule has 0 bridgehead atoms. The molecule has 3 heteroatoms. The van der Waals surface area contributed by atoms with Crippen LogP contribution < -0.4 is 0 Å². The van der Waals surface area contributed by atoms with Crippen molar-refractivity contribution in [2.24, 2.45) is 5.92 Å². The second-order valence-corrected chi connectivity index (χ2v) is 5.48. The first-order valence-electron chi connectivity index (χ1n) is 5.19. The number of rotatable bonds is 4. The molecule has 1 aromatic rings. The van der Waals surface area contributed by atoms with Crippen LogP contribution in [0.15, 0.2) is 18.2 Å². The highest BCUT2D eigenvalue weighted by molar-refractivity contribution is 14.1. The molecule has 2 unspecified atom stereocenters. The molecule has 0 aliphatic rings. The molecule has 0 aromatic heterocycles.